The first-order chi connectivity index (χ1) is 15.9. The molecule has 0 fully saturated rings. The van der Waals surface area contributed by atoms with Crippen molar-refractivity contribution >= 4 is 23.3 Å². The van der Waals surface area contributed by atoms with Crippen LogP contribution in [0.3, 0.4) is 0 Å². The van der Waals surface area contributed by atoms with E-state index in [4.69, 9.17) is 4.74 Å². The number of carbonyl (C=O) groups excluding carboxylic acids is 2. The van der Waals surface area contributed by atoms with Gasteiger partial charge in [-0.2, -0.15) is 0 Å². The molecule has 7 heteroatoms. The Bertz CT molecular complexity index is 1150. The Morgan fingerprint density at radius 2 is 1.82 bits per heavy atom. The highest BCUT2D eigenvalue weighted by molar-refractivity contribution is 6.11. The summed E-state index contributed by atoms with van der Waals surface area (Å²) in [6.45, 7) is 1.88. The van der Waals surface area contributed by atoms with Gasteiger partial charge in [0.25, 0.3) is 11.6 Å². The molecule has 0 aliphatic carbocycles. The number of nitrogens with zero attached hydrogens (tertiary/aromatic N) is 1. The smallest absolute Gasteiger partial charge is 0.329 e. The van der Waals surface area contributed by atoms with Crippen molar-refractivity contribution in [1.29, 1.82) is 0 Å². The highest BCUT2D eigenvalue weighted by atomic mass is 16.5. The first-order valence-corrected chi connectivity index (χ1v) is 10.9. The zero-order valence-corrected chi connectivity index (χ0v) is 18.6. The molecule has 0 aromatic heterocycles. The number of hydrogen-bond donors (Lipinski definition) is 3. The maximum atomic E-state index is 13.6. The van der Waals surface area contributed by atoms with Gasteiger partial charge in [-0.1, -0.05) is 54.6 Å². The van der Waals surface area contributed by atoms with E-state index in [2.05, 4.69) is 10.6 Å². The molecule has 3 aromatic rings. The molecule has 7 nitrogen and oxygen atoms in total. The van der Waals surface area contributed by atoms with Crippen molar-refractivity contribution in [2.24, 2.45) is 0 Å². The number of fused-ring (bicyclic) bond motifs is 1. The molecule has 2 unspecified atom stereocenters. The second-order valence-electron chi connectivity index (χ2n) is 8.08. The van der Waals surface area contributed by atoms with Gasteiger partial charge < -0.3 is 20.5 Å². The monoisotopic (exact) mass is 445 g/mol. The predicted molar refractivity (Wildman–Crippen MR) is 127 cm³/mol. The molecule has 0 radical (unpaired) electrons. The van der Waals surface area contributed by atoms with Crippen LogP contribution in [-0.4, -0.2) is 30.2 Å². The van der Waals surface area contributed by atoms with Gasteiger partial charge in [0.2, 0.25) is 0 Å². The van der Waals surface area contributed by atoms with Crippen molar-refractivity contribution in [1.82, 2.24) is 5.32 Å². The Balaban J connectivity index is 1.66. The molecule has 3 amide bonds. The third kappa shape index (κ3) is 4.40. The molecule has 33 heavy (non-hydrogen) atoms. The topological polar surface area (TPSA) is 90.9 Å². The fourth-order valence-electron chi connectivity index (χ4n) is 4.04. The van der Waals surface area contributed by atoms with E-state index in [-0.39, 0.29) is 6.04 Å². The molecule has 2 atom stereocenters. The number of anilines is 2. The minimum absolute atomic E-state index is 0.231. The highest BCUT2D eigenvalue weighted by Crippen LogP contribution is 2.40. The maximum absolute atomic E-state index is 13.6. The number of urea groups is 1. The third-order valence-electron chi connectivity index (χ3n) is 5.79. The van der Waals surface area contributed by atoms with E-state index in [9.17, 15) is 14.7 Å². The molecule has 4 rings (SSSR count). The molecule has 1 heterocycles. The molecular weight excluding hydrogens is 418 g/mol. The van der Waals surface area contributed by atoms with Crippen LogP contribution in [0.15, 0.2) is 78.9 Å². The molecule has 0 spiro atoms. The van der Waals surface area contributed by atoms with Crippen LogP contribution in [0.4, 0.5) is 16.2 Å². The summed E-state index contributed by atoms with van der Waals surface area (Å²) >= 11 is 0. The Labute approximate surface area is 193 Å². The number of benzene rings is 3. The van der Waals surface area contributed by atoms with Crippen molar-refractivity contribution in [3.63, 3.8) is 0 Å². The van der Waals surface area contributed by atoms with Crippen LogP contribution < -0.4 is 20.3 Å². The van der Waals surface area contributed by atoms with E-state index in [1.807, 2.05) is 37.3 Å². The molecule has 1 aliphatic heterocycles. The van der Waals surface area contributed by atoms with Crippen LogP contribution in [-0.2, 0) is 16.9 Å². The minimum atomic E-state index is -2.24. The molecule has 0 saturated heterocycles. The average molecular weight is 446 g/mol. The molecule has 170 valence electrons. The number of methoxy groups -OCH3 is 1. The molecule has 3 N–H and O–H groups in total. The van der Waals surface area contributed by atoms with E-state index >= 15 is 0 Å². The van der Waals surface area contributed by atoms with Crippen LogP contribution in [0.5, 0.6) is 5.75 Å². The summed E-state index contributed by atoms with van der Waals surface area (Å²) in [5.74, 6) is -0.175. The largest absolute Gasteiger partial charge is 0.497 e. The van der Waals surface area contributed by atoms with E-state index in [0.29, 0.717) is 29.1 Å². The van der Waals surface area contributed by atoms with Crippen LogP contribution in [0.25, 0.3) is 0 Å². The average Bonchev–Trinajstić information content (AvgIpc) is 2.83. The number of para-hydroxylation sites is 1. The lowest BCUT2D eigenvalue weighted by molar-refractivity contribution is -0.141. The van der Waals surface area contributed by atoms with Gasteiger partial charge >= 0.3 is 6.03 Å². The second-order valence-corrected chi connectivity index (χ2v) is 8.08. The fraction of sp³-hybridized carbons (Fsp3) is 0.231. The van der Waals surface area contributed by atoms with Gasteiger partial charge in [-0.15, -0.1) is 0 Å². The van der Waals surface area contributed by atoms with Gasteiger partial charge in [-0.25, -0.2) is 4.79 Å². The first kappa shape index (κ1) is 22.4. The lowest BCUT2D eigenvalue weighted by Crippen LogP contribution is -2.63. The molecule has 0 bridgehead atoms. The van der Waals surface area contributed by atoms with E-state index in [1.165, 1.54) is 7.11 Å². The third-order valence-corrected chi connectivity index (χ3v) is 5.79. The summed E-state index contributed by atoms with van der Waals surface area (Å²) in [6, 6.07) is 22.6. The van der Waals surface area contributed by atoms with Crippen LogP contribution in [0, 0.1) is 0 Å². The Hall–Kier alpha value is -3.84. The Kier molecular flexibility index (Phi) is 6.33. The number of amides is 3. The zero-order chi connectivity index (χ0) is 23.4. The van der Waals surface area contributed by atoms with Gasteiger partial charge in [0.05, 0.1) is 18.5 Å². The molecule has 3 aromatic carbocycles. The Morgan fingerprint density at radius 1 is 1.09 bits per heavy atom. The number of carbonyl (C=O) groups is 2. The SMILES string of the molecule is COc1cccc(N2C(=O)Nc3ccccc3C2(O)C(=O)NC(C)CCc2ccccc2)c1. The molecular formula is C26H27N3O4. The normalized spacial score (nSPS) is 18.2. The summed E-state index contributed by atoms with van der Waals surface area (Å²) in [5.41, 5.74) is -0.0724. The fourth-order valence-corrected chi connectivity index (χ4v) is 4.04. The zero-order valence-electron chi connectivity index (χ0n) is 18.6. The summed E-state index contributed by atoms with van der Waals surface area (Å²) in [5, 5.41) is 17.6. The number of aliphatic hydroxyl groups is 1. The number of hydrogen-bond acceptors (Lipinski definition) is 4. The van der Waals surface area contributed by atoms with E-state index in [1.54, 1.807) is 48.5 Å². The maximum Gasteiger partial charge on any atom is 0.329 e. The van der Waals surface area contributed by atoms with Crippen molar-refractivity contribution in [2.75, 3.05) is 17.3 Å². The Morgan fingerprint density at radius 3 is 2.58 bits per heavy atom. The second kappa shape index (κ2) is 9.34. The van der Waals surface area contributed by atoms with Gasteiger partial charge in [0.15, 0.2) is 0 Å². The van der Waals surface area contributed by atoms with Crippen molar-refractivity contribution in [2.45, 2.75) is 31.5 Å². The number of aryl methyl sites for hydroxylation is 1. The summed E-state index contributed by atoms with van der Waals surface area (Å²) in [4.78, 5) is 27.7. The lowest BCUT2D eigenvalue weighted by atomic mass is 9.94. The predicted octanol–water partition coefficient (Wildman–Crippen LogP) is 4.03. The molecule has 0 saturated carbocycles. The van der Waals surface area contributed by atoms with E-state index in [0.717, 1.165) is 16.9 Å². The standard InChI is InChI=1S/C26H27N3O4/c1-18(15-16-19-9-4-3-5-10-19)27-24(30)26(32)22-13-6-7-14-23(22)28-25(31)29(26)20-11-8-12-21(17-20)33-2/h3-14,17-18,32H,15-16H2,1-2H3,(H,27,30)(H,28,31). The van der Waals surface area contributed by atoms with Gasteiger partial charge in [-0.3, -0.25) is 9.69 Å². The molecule has 1 aliphatic rings. The summed E-state index contributed by atoms with van der Waals surface area (Å²) in [6.07, 6.45) is 1.45. The van der Waals surface area contributed by atoms with Crippen molar-refractivity contribution < 1.29 is 19.4 Å². The highest BCUT2D eigenvalue weighted by Gasteiger charge is 2.52. The minimum Gasteiger partial charge on any atom is -0.497 e. The summed E-state index contributed by atoms with van der Waals surface area (Å²) < 4.78 is 5.28. The van der Waals surface area contributed by atoms with E-state index < -0.39 is 17.7 Å². The quantitative estimate of drug-likeness (QED) is 0.512. The van der Waals surface area contributed by atoms with Crippen LogP contribution in [0.1, 0.15) is 24.5 Å². The van der Waals surface area contributed by atoms with Crippen LogP contribution >= 0.6 is 0 Å². The van der Waals surface area contributed by atoms with Crippen molar-refractivity contribution in [3.05, 3.63) is 90.0 Å². The lowest BCUT2D eigenvalue weighted by Gasteiger charge is -2.43. The van der Waals surface area contributed by atoms with Gasteiger partial charge in [-0.05, 0) is 43.5 Å². The number of rotatable bonds is 7. The summed E-state index contributed by atoms with van der Waals surface area (Å²) in [7, 11) is 1.51. The van der Waals surface area contributed by atoms with Crippen LogP contribution in [0.2, 0.25) is 0 Å². The van der Waals surface area contributed by atoms with Crippen molar-refractivity contribution in [3.8, 4) is 5.75 Å². The van der Waals surface area contributed by atoms with Gasteiger partial charge in [0.1, 0.15) is 5.75 Å². The van der Waals surface area contributed by atoms with Gasteiger partial charge in [0, 0.05) is 17.7 Å². The number of ether oxygens (including phenoxy) is 1. The number of nitrogens with one attached hydrogen (secondary N) is 2. The first-order valence-electron chi connectivity index (χ1n) is 10.9.